The minimum absolute atomic E-state index is 0.0488. The Morgan fingerprint density at radius 1 is 0.806 bits per heavy atom. The lowest BCUT2D eigenvalue weighted by Gasteiger charge is -2.25. The standard InChI is InChI=1S/C28H24BrClN2O3S/c29-24-15-17-25(18-16-24)36(34,35)32(19-23-13-7-8-14-26(23)30)20-27(33)31-28(21-9-3-1-4-10-21)22-11-5-2-6-12-22/h1-18,28H,19-20H2,(H,31,33). The first kappa shape index (κ1) is 26.1. The second-order valence-electron chi connectivity index (χ2n) is 8.14. The number of rotatable bonds is 9. The Balaban J connectivity index is 1.65. The monoisotopic (exact) mass is 582 g/mol. The summed E-state index contributed by atoms with van der Waals surface area (Å²) in [5.41, 5.74) is 2.39. The molecule has 0 aliphatic rings. The van der Waals surface area contributed by atoms with Gasteiger partial charge in [-0.05, 0) is 47.0 Å². The molecule has 0 fully saturated rings. The zero-order valence-electron chi connectivity index (χ0n) is 19.2. The first-order chi connectivity index (χ1) is 17.3. The number of nitrogens with zero attached hydrogens (tertiary/aromatic N) is 1. The zero-order valence-corrected chi connectivity index (χ0v) is 22.4. The molecular weight excluding hydrogens is 560 g/mol. The lowest BCUT2D eigenvalue weighted by Crippen LogP contribution is -2.41. The molecule has 0 radical (unpaired) electrons. The third-order valence-corrected chi connectivity index (χ3v) is 8.35. The van der Waals surface area contributed by atoms with Gasteiger partial charge in [0.1, 0.15) is 0 Å². The van der Waals surface area contributed by atoms with Crippen LogP contribution in [-0.4, -0.2) is 25.2 Å². The normalized spacial score (nSPS) is 11.6. The van der Waals surface area contributed by atoms with Crippen molar-refractivity contribution >= 4 is 43.5 Å². The summed E-state index contributed by atoms with van der Waals surface area (Å²) >= 11 is 9.67. The average molecular weight is 584 g/mol. The minimum Gasteiger partial charge on any atom is -0.344 e. The first-order valence-corrected chi connectivity index (χ1v) is 13.8. The van der Waals surface area contributed by atoms with Gasteiger partial charge in [0.2, 0.25) is 15.9 Å². The molecule has 8 heteroatoms. The molecule has 4 rings (SSSR count). The molecule has 0 atom stereocenters. The number of hydrogen-bond acceptors (Lipinski definition) is 3. The van der Waals surface area contributed by atoms with E-state index in [0.717, 1.165) is 19.9 Å². The van der Waals surface area contributed by atoms with Crippen LogP contribution in [-0.2, 0) is 21.4 Å². The molecule has 0 aliphatic carbocycles. The molecule has 0 heterocycles. The molecule has 36 heavy (non-hydrogen) atoms. The van der Waals surface area contributed by atoms with Crippen molar-refractivity contribution in [3.8, 4) is 0 Å². The van der Waals surface area contributed by atoms with E-state index in [9.17, 15) is 13.2 Å². The predicted octanol–water partition coefficient (Wildman–Crippen LogP) is 6.20. The molecule has 0 aromatic heterocycles. The molecule has 5 nitrogen and oxygen atoms in total. The molecule has 0 saturated heterocycles. The fourth-order valence-electron chi connectivity index (χ4n) is 3.82. The zero-order chi connectivity index (χ0) is 25.5. The van der Waals surface area contributed by atoms with Crippen LogP contribution in [0.15, 0.2) is 119 Å². The van der Waals surface area contributed by atoms with Crippen molar-refractivity contribution in [2.24, 2.45) is 0 Å². The quantitative estimate of drug-likeness (QED) is 0.255. The van der Waals surface area contributed by atoms with Crippen molar-refractivity contribution in [1.29, 1.82) is 0 Å². The van der Waals surface area contributed by atoms with Crippen molar-refractivity contribution in [1.82, 2.24) is 9.62 Å². The molecule has 4 aromatic rings. The van der Waals surface area contributed by atoms with Gasteiger partial charge in [0.15, 0.2) is 0 Å². The SMILES string of the molecule is O=C(CN(Cc1ccccc1Cl)S(=O)(=O)c1ccc(Br)cc1)NC(c1ccccc1)c1ccccc1. The summed E-state index contributed by atoms with van der Waals surface area (Å²) in [6.45, 7) is -0.424. The van der Waals surface area contributed by atoms with E-state index < -0.39 is 22.0 Å². The first-order valence-electron chi connectivity index (χ1n) is 11.2. The molecule has 1 N–H and O–H groups in total. The highest BCUT2D eigenvalue weighted by Crippen LogP contribution is 2.25. The number of hydrogen-bond donors (Lipinski definition) is 1. The fraction of sp³-hybridized carbons (Fsp3) is 0.107. The number of carbonyl (C=O) groups is 1. The van der Waals surface area contributed by atoms with Gasteiger partial charge >= 0.3 is 0 Å². The Labute approximate surface area is 224 Å². The van der Waals surface area contributed by atoms with Crippen molar-refractivity contribution in [3.05, 3.63) is 135 Å². The van der Waals surface area contributed by atoms with Crippen LogP contribution in [0, 0.1) is 0 Å². The maximum atomic E-state index is 13.6. The Morgan fingerprint density at radius 3 is 1.89 bits per heavy atom. The van der Waals surface area contributed by atoms with Crippen LogP contribution in [0.25, 0.3) is 0 Å². The van der Waals surface area contributed by atoms with Gasteiger partial charge < -0.3 is 5.32 Å². The Kier molecular flexibility index (Phi) is 8.59. The Morgan fingerprint density at radius 2 is 1.33 bits per heavy atom. The number of nitrogens with one attached hydrogen (secondary N) is 1. The number of amides is 1. The maximum Gasteiger partial charge on any atom is 0.243 e. The molecule has 0 saturated carbocycles. The summed E-state index contributed by atoms with van der Waals surface area (Å²) in [4.78, 5) is 13.5. The van der Waals surface area contributed by atoms with E-state index in [1.807, 2.05) is 60.7 Å². The van der Waals surface area contributed by atoms with Gasteiger partial charge in [-0.1, -0.05) is 106 Å². The average Bonchev–Trinajstić information content (AvgIpc) is 2.89. The third kappa shape index (κ3) is 6.42. The molecule has 0 unspecified atom stereocenters. The van der Waals surface area contributed by atoms with E-state index >= 15 is 0 Å². The van der Waals surface area contributed by atoms with E-state index in [1.165, 1.54) is 12.1 Å². The highest BCUT2D eigenvalue weighted by molar-refractivity contribution is 9.10. The minimum atomic E-state index is -4.00. The van der Waals surface area contributed by atoms with Gasteiger partial charge in [-0.25, -0.2) is 8.42 Å². The van der Waals surface area contributed by atoms with Gasteiger partial charge in [0.25, 0.3) is 0 Å². The van der Waals surface area contributed by atoms with Crippen LogP contribution in [0.4, 0.5) is 0 Å². The highest BCUT2D eigenvalue weighted by Gasteiger charge is 2.28. The smallest absolute Gasteiger partial charge is 0.243 e. The second kappa shape index (κ2) is 11.8. The molecule has 1 amide bonds. The van der Waals surface area contributed by atoms with Gasteiger partial charge in [-0.15, -0.1) is 0 Å². The largest absolute Gasteiger partial charge is 0.344 e. The summed E-state index contributed by atoms with van der Waals surface area (Å²) in [5, 5.41) is 3.46. The second-order valence-corrected chi connectivity index (χ2v) is 11.4. The highest BCUT2D eigenvalue weighted by atomic mass is 79.9. The van der Waals surface area contributed by atoms with Crippen molar-refractivity contribution < 1.29 is 13.2 Å². The summed E-state index contributed by atoms with van der Waals surface area (Å²) in [7, 11) is -4.00. The third-order valence-electron chi connectivity index (χ3n) is 5.65. The van der Waals surface area contributed by atoms with Gasteiger partial charge in [-0.3, -0.25) is 4.79 Å². The van der Waals surface area contributed by atoms with Crippen LogP contribution in [0.1, 0.15) is 22.7 Å². The van der Waals surface area contributed by atoms with Crippen LogP contribution < -0.4 is 5.32 Å². The summed E-state index contributed by atoms with van der Waals surface area (Å²) in [6, 6.07) is 32.0. The lowest BCUT2D eigenvalue weighted by atomic mass is 9.99. The van der Waals surface area contributed by atoms with Crippen LogP contribution >= 0.6 is 27.5 Å². The van der Waals surface area contributed by atoms with Gasteiger partial charge in [-0.2, -0.15) is 4.31 Å². The summed E-state index contributed by atoms with van der Waals surface area (Å²) in [5.74, 6) is -0.430. The number of halogens is 2. The van der Waals surface area contributed by atoms with E-state index in [-0.39, 0.29) is 18.0 Å². The topological polar surface area (TPSA) is 66.5 Å². The molecular formula is C28H24BrClN2O3S. The number of benzene rings is 4. The Hall–Kier alpha value is -2.97. The molecule has 0 aliphatic heterocycles. The Bertz CT molecular complexity index is 1380. The van der Waals surface area contributed by atoms with Gasteiger partial charge in [0, 0.05) is 16.0 Å². The maximum absolute atomic E-state index is 13.6. The number of sulfonamides is 1. The number of carbonyl (C=O) groups excluding carboxylic acids is 1. The molecule has 4 aromatic carbocycles. The van der Waals surface area contributed by atoms with E-state index in [0.29, 0.717) is 10.6 Å². The van der Waals surface area contributed by atoms with E-state index in [4.69, 9.17) is 11.6 Å². The van der Waals surface area contributed by atoms with Crippen molar-refractivity contribution in [3.63, 3.8) is 0 Å². The fourth-order valence-corrected chi connectivity index (χ4v) is 5.65. The molecule has 184 valence electrons. The van der Waals surface area contributed by atoms with E-state index in [2.05, 4.69) is 21.2 Å². The van der Waals surface area contributed by atoms with Crippen molar-refractivity contribution in [2.45, 2.75) is 17.5 Å². The summed E-state index contributed by atoms with van der Waals surface area (Å²) < 4.78 is 29.1. The van der Waals surface area contributed by atoms with Crippen LogP contribution in [0.3, 0.4) is 0 Å². The molecule has 0 bridgehead atoms. The van der Waals surface area contributed by atoms with Crippen LogP contribution in [0.2, 0.25) is 5.02 Å². The van der Waals surface area contributed by atoms with Gasteiger partial charge in [0.05, 0.1) is 17.5 Å². The summed E-state index contributed by atoms with van der Waals surface area (Å²) in [6.07, 6.45) is 0. The predicted molar refractivity (Wildman–Crippen MR) is 146 cm³/mol. The van der Waals surface area contributed by atoms with Crippen LogP contribution in [0.5, 0.6) is 0 Å². The van der Waals surface area contributed by atoms with E-state index in [1.54, 1.807) is 36.4 Å². The lowest BCUT2D eigenvalue weighted by molar-refractivity contribution is -0.121. The van der Waals surface area contributed by atoms with Crippen molar-refractivity contribution in [2.75, 3.05) is 6.54 Å². The molecule has 0 spiro atoms.